The number of hydrogen-bond acceptors (Lipinski definition) is 3. The first kappa shape index (κ1) is 20.7. The van der Waals surface area contributed by atoms with Gasteiger partial charge in [-0.1, -0.05) is 19.9 Å². The minimum absolute atomic E-state index is 0.000685. The third-order valence-corrected chi connectivity index (χ3v) is 9.72. The van der Waals surface area contributed by atoms with Crippen LogP contribution in [-0.2, 0) is 9.59 Å². The minimum atomic E-state index is -0.166. The summed E-state index contributed by atoms with van der Waals surface area (Å²) in [6, 6.07) is 4.13. The monoisotopic (exact) mass is 421 g/mol. The Kier molecular flexibility index (Phi) is 4.98. The lowest BCUT2D eigenvalue weighted by Crippen LogP contribution is -2.60. The summed E-state index contributed by atoms with van der Waals surface area (Å²) in [6.45, 7) is 4.88. The zero-order chi connectivity index (χ0) is 21.8. The first-order valence-corrected chi connectivity index (χ1v) is 12.1. The second-order valence-electron chi connectivity index (χ2n) is 10.9. The molecule has 2 amide bonds. The van der Waals surface area contributed by atoms with Crippen LogP contribution in [0.4, 0.5) is 5.69 Å². The van der Waals surface area contributed by atoms with Crippen molar-refractivity contribution < 1.29 is 9.59 Å². The highest BCUT2D eigenvalue weighted by molar-refractivity contribution is 6.03. The molecule has 1 aliphatic heterocycles. The molecular formula is C26H35N3O2. The SMILES string of the molecule is C[C@]12C=CC(=O)N(c3cccnc3)[C@@H]1CC[C@@H]1[C@@H]2CC[C@]2(C)[C@@H](CCC(N)=O)CC[C@@H]12. The average Bonchev–Trinajstić information content (AvgIpc) is 3.09. The third kappa shape index (κ3) is 3.15. The number of hydrogen-bond donors (Lipinski definition) is 1. The van der Waals surface area contributed by atoms with Gasteiger partial charge in [-0.15, -0.1) is 0 Å². The van der Waals surface area contributed by atoms with Gasteiger partial charge in [0.15, 0.2) is 0 Å². The van der Waals surface area contributed by atoms with Gasteiger partial charge in [-0.3, -0.25) is 14.6 Å². The molecule has 4 aliphatic rings. The number of pyridine rings is 1. The standard InChI is InChI=1S/C26H35N3O2/c1-25-13-11-21-19(20(25)8-5-17(25)6-10-23(27)30)7-9-22-26(21,2)14-12-24(31)29(22)18-4-3-15-28-16-18/h3-4,12,14-17,19-22H,5-11,13H2,1-2H3,(H2,27,30)/t17-,19+,20+,21+,22-,25-,26-/m1/s1. The first-order chi connectivity index (χ1) is 14.8. The Morgan fingerprint density at radius 1 is 1.19 bits per heavy atom. The van der Waals surface area contributed by atoms with Crippen molar-refractivity contribution in [3.05, 3.63) is 36.7 Å². The summed E-state index contributed by atoms with van der Waals surface area (Å²) in [6.07, 6.45) is 16.3. The van der Waals surface area contributed by atoms with Crippen LogP contribution in [0.3, 0.4) is 0 Å². The van der Waals surface area contributed by atoms with Crippen molar-refractivity contribution in [3.63, 3.8) is 0 Å². The van der Waals surface area contributed by atoms with E-state index in [1.54, 1.807) is 6.20 Å². The fourth-order valence-electron chi connectivity index (χ4n) is 8.20. The number of carbonyl (C=O) groups excluding carboxylic acids is 2. The molecule has 5 rings (SSSR count). The van der Waals surface area contributed by atoms with E-state index in [-0.39, 0.29) is 23.3 Å². The summed E-state index contributed by atoms with van der Waals surface area (Å²) in [5, 5.41) is 0. The van der Waals surface area contributed by atoms with E-state index in [9.17, 15) is 9.59 Å². The maximum atomic E-state index is 12.9. The zero-order valence-corrected chi connectivity index (χ0v) is 18.8. The summed E-state index contributed by atoms with van der Waals surface area (Å²) in [5.41, 5.74) is 6.71. The van der Waals surface area contributed by atoms with Gasteiger partial charge in [0.05, 0.1) is 11.9 Å². The van der Waals surface area contributed by atoms with E-state index in [1.807, 2.05) is 29.3 Å². The number of rotatable bonds is 4. The predicted molar refractivity (Wildman–Crippen MR) is 121 cm³/mol. The van der Waals surface area contributed by atoms with E-state index in [1.165, 1.54) is 32.1 Å². The molecule has 3 saturated carbocycles. The van der Waals surface area contributed by atoms with Crippen LogP contribution in [0.1, 0.15) is 65.2 Å². The second kappa shape index (κ2) is 7.46. The molecule has 5 heteroatoms. The van der Waals surface area contributed by atoms with Crippen LogP contribution in [0.2, 0.25) is 0 Å². The van der Waals surface area contributed by atoms with E-state index in [4.69, 9.17) is 5.73 Å². The van der Waals surface area contributed by atoms with Gasteiger partial charge in [0.1, 0.15) is 0 Å². The van der Waals surface area contributed by atoms with Gasteiger partial charge in [0, 0.05) is 30.2 Å². The maximum Gasteiger partial charge on any atom is 0.251 e. The van der Waals surface area contributed by atoms with E-state index >= 15 is 0 Å². The van der Waals surface area contributed by atoms with Crippen LogP contribution in [0.15, 0.2) is 36.7 Å². The van der Waals surface area contributed by atoms with Crippen molar-refractivity contribution in [1.82, 2.24) is 4.98 Å². The lowest BCUT2D eigenvalue weighted by molar-refractivity contribution is -0.120. The van der Waals surface area contributed by atoms with Crippen LogP contribution in [0, 0.1) is 34.5 Å². The molecule has 0 aromatic carbocycles. The molecule has 166 valence electrons. The van der Waals surface area contributed by atoms with Crippen molar-refractivity contribution in [1.29, 1.82) is 0 Å². The quantitative estimate of drug-likeness (QED) is 0.779. The highest BCUT2D eigenvalue weighted by Crippen LogP contribution is 2.66. The minimum Gasteiger partial charge on any atom is -0.370 e. The van der Waals surface area contributed by atoms with E-state index < -0.39 is 0 Å². The van der Waals surface area contributed by atoms with Crippen LogP contribution in [-0.4, -0.2) is 22.8 Å². The number of amides is 2. The number of anilines is 1. The summed E-state index contributed by atoms with van der Waals surface area (Å²) < 4.78 is 0. The van der Waals surface area contributed by atoms with Crippen LogP contribution in [0.25, 0.3) is 0 Å². The summed E-state index contributed by atoms with van der Waals surface area (Å²) >= 11 is 0. The topological polar surface area (TPSA) is 76.3 Å². The van der Waals surface area contributed by atoms with Crippen molar-refractivity contribution in [2.75, 3.05) is 4.90 Å². The van der Waals surface area contributed by atoms with Crippen molar-refractivity contribution >= 4 is 17.5 Å². The molecular weight excluding hydrogens is 386 g/mol. The molecule has 2 heterocycles. The molecule has 5 nitrogen and oxygen atoms in total. The molecule has 3 fully saturated rings. The zero-order valence-electron chi connectivity index (χ0n) is 18.8. The van der Waals surface area contributed by atoms with Gasteiger partial charge in [0.25, 0.3) is 5.91 Å². The number of fused-ring (bicyclic) bond motifs is 5. The predicted octanol–water partition coefficient (Wildman–Crippen LogP) is 4.48. The highest BCUT2D eigenvalue weighted by atomic mass is 16.2. The Labute approximate surface area is 185 Å². The van der Waals surface area contributed by atoms with Gasteiger partial charge >= 0.3 is 0 Å². The Balaban J connectivity index is 1.43. The Hall–Kier alpha value is -2.17. The molecule has 1 aromatic heterocycles. The molecule has 1 aromatic rings. The van der Waals surface area contributed by atoms with E-state index in [2.05, 4.69) is 24.9 Å². The number of nitrogens with two attached hydrogens (primary N) is 1. The normalized spacial score (nSPS) is 41.4. The van der Waals surface area contributed by atoms with Gasteiger partial charge < -0.3 is 10.6 Å². The first-order valence-electron chi connectivity index (χ1n) is 12.1. The Morgan fingerprint density at radius 2 is 2.03 bits per heavy atom. The second-order valence-corrected chi connectivity index (χ2v) is 10.9. The van der Waals surface area contributed by atoms with Crippen molar-refractivity contribution in [2.45, 2.75) is 71.3 Å². The molecule has 3 aliphatic carbocycles. The molecule has 0 unspecified atom stereocenters. The molecule has 7 atom stereocenters. The largest absolute Gasteiger partial charge is 0.370 e. The summed E-state index contributed by atoms with van der Waals surface area (Å²) in [5.74, 6) is 2.56. The number of carbonyl (C=O) groups is 2. The maximum absolute atomic E-state index is 12.9. The molecule has 0 saturated heterocycles. The van der Waals surface area contributed by atoms with Crippen molar-refractivity contribution in [2.24, 2.45) is 40.2 Å². The Morgan fingerprint density at radius 3 is 2.77 bits per heavy atom. The van der Waals surface area contributed by atoms with E-state index in [0.29, 0.717) is 29.6 Å². The van der Waals surface area contributed by atoms with Crippen LogP contribution < -0.4 is 10.6 Å². The summed E-state index contributed by atoms with van der Waals surface area (Å²) in [4.78, 5) is 30.6. The van der Waals surface area contributed by atoms with Gasteiger partial charge in [0.2, 0.25) is 5.91 Å². The molecule has 0 radical (unpaired) electrons. The van der Waals surface area contributed by atoms with Crippen LogP contribution >= 0.6 is 0 Å². The van der Waals surface area contributed by atoms with E-state index in [0.717, 1.165) is 24.4 Å². The fourth-order valence-corrected chi connectivity index (χ4v) is 8.20. The third-order valence-electron chi connectivity index (χ3n) is 9.72. The van der Waals surface area contributed by atoms with Gasteiger partial charge in [-0.2, -0.15) is 0 Å². The fraction of sp³-hybridized carbons (Fsp3) is 0.654. The number of primary amides is 1. The molecule has 2 N–H and O–H groups in total. The van der Waals surface area contributed by atoms with Gasteiger partial charge in [-0.25, -0.2) is 0 Å². The van der Waals surface area contributed by atoms with Crippen LogP contribution in [0.5, 0.6) is 0 Å². The Bertz CT molecular complexity index is 899. The highest BCUT2D eigenvalue weighted by Gasteiger charge is 2.60. The molecule has 0 spiro atoms. The van der Waals surface area contributed by atoms with Crippen molar-refractivity contribution in [3.8, 4) is 0 Å². The summed E-state index contributed by atoms with van der Waals surface area (Å²) in [7, 11) is 0. The average molecular weight is 422 g/mol. The molecule has 0 bridgehead atoms. The number of aromatic nitrogens is 1. The lowest BCUT2D eigenvalue weighted by Gasteiger charge is -2.60. The number of nitrogens with zero attached hydrogens (tertiary/aromatic N) is 2. The lowest BCUT2D eigenvalue weighted by atomic mass is 9.47. The van der Waals surface area contributed by atoms with Gasteiger partial charge in [-0.05, 0) is 86.2 Å². The smallest absolute Gasteiger partial charge is 0.251 e. The molecule has 31 heavy (non-hydrogen) atoms.